The van der Waals surface area contributed by atoms with E-state index in [4.69, 9.17) is 9.84 Å². The Labute approximate surface area is 62.2 Å². The third-order valence-corrected chi connectivity index (χ3v) is 2.43. The number of hydrogen-bond donors (Lipinski definition) is 1. The molecule has 10 heavy (non-hydrogen) atoms. The highest BCUT2D eigenvalue weighted by molar-refractivity contribution is 4.76. The van der Waals surface area contributed by atoms with Crippen LogP contribution in [-0.4, -0.2) is 25.4 Å². The van der Waals surface area contributed by atoms with Gasteiger partial charge in [0.15, 0.2) is 0 Å². The molecule has 60 valence electrons. The van der Waals surface area contributed by atoms with Gasteiger partial charge in [-0.25, -0.2) is 0 Å². The molecule has 1 unspecified atom stereocenters. The van der Waals surface area contributed by atoms with E-state index in [1.165, 1.54) is 19.3 Å². The van der Waals surface area contributed by atoms with Gasteiger partial charge in [-0.3, -0.25) is 0 Å². The van der Waals surface area contributed by atoms with Crippen molar-refractivity contribution in [3.05, 3.63) is 0 Å². The van der Waals surface area contributed by atoms with Crippen molar-refractivity contribution in [3.63, 3.8) is 0 Å². The first-order valence-corrected chi connectivity index (χ1v) is 3.98. The molecule has 1 aliphatic rings. The van der Waals surface area contributed by atoms with Crippen LogP contribution < -0.4 is 0 Å². The summed E-state index contributed by atoms with van der Waals surface area (Å²) in [5.74, 6) is 1.14. The Hall–Kier alpha value is -0.0800. The molecule has 0 heterocycles. The predicted molar refractivity (Wildman–Crippen MR) is 39.8 cm³/mol. The molecule has 0 aromatic heterocycles. The fourth-order valence-electron chi connectivity index (χ4n) is 1.46. The highest BCUT2D eigenvalue weighted by atomic mass is 16.5. The molecule has 0 aromatic rings. The second-order valence-electron chi connectivity index (χ2n) is 3.09. The molecule has 1 saturated carbocycles. The van der Waals surface area contributed by atoms with E-state index in [1.807, 2.05) is 0 Å². The first kappa shape index (κ1) is 8.02. The number of ether oxygens (including phenoxy) is 1. The molecule has 1 fully saturated rings. The van der Waals surface area contributed by atoms with Crippen molar-refractivity contribution < 1.29 is 9.84 Å². The lowest BCUT2D eigenvalue weighted by Crippen LogP contribution is -2.28. The van der Waals surface area contributed by atoms with Crippen LogP contribution in [0.2, 0.25) is 0 Å². The summed E-state index contributed by atoms with van der Waals surface area (Å²) >= 11 is 0. The minimum atomic E-state index is 0.290. The second-order valence-corrected chi connectivity index (χ2v) is 3.09. The maximum atomic E-state index is 8.91. The Morgan fingerprint density at radius 2 is 2.30 bits per heavy atom. The van der Waals surface area contributed by atoms with Gasteiger partial charge in [0.2, 0.25) is 0 Å². The molecule has 0 amide bonds. The quantitative estimate of drug-likeness (QED) is 0.639. The van der Waals surface area contributed by atoms with Gasteiger partial charge in [-0.1, -0.05) is 19.3 Å². The maximum absolute atomic E-state index is 8.91. The average molecular weight is 144 g/mol. The molecule has 0 aromatic carbocycles. The standard InChI is InChI=1S/C8H16O2/c1-10-6-8(5-9)7-3-2-4-7/h7-9H,2-6H2,1H3. The van der Waals surface area contributed by atoms with E-state index in [1.54, 1.807) is 7.11 Å². The van der Waals surface area contributed by atoms with Crippen molar-refractivity contribution in [1.29, 1.82) is 0 Å². The van der Waals surface area contributed by atoms with Gasteiger partial charge in [0.25, 0.3) is 0 Å². The third kappa shape index (κ3) is 1.70. The first-order chi connectivity index (χ1) is 4.88. The van der Waals surface area contributed by atoms with E-state index in [2.05, 4.69) is 0 Å². The molecule has 0 bridgehead atoms. The van der Waals surface area contributed by atoms with Crippen LogP contribution in [0.5, 0.6) is 0 Å². The summed E-state index contributed by atoms with van der Waals surface area (Å²) in [6.45, 7) is 1.01. The van der Waals surface area contributed by atoms with E-state index in [0.717, 1.165) is 12.5 Å². The molecule has 1 N–H and O–H groups in total. The Morgan fingerprint density at radius 3 is 2.60 bits per heavy atom. The number of hydrogen-bond acceptors (Lipinski definition) is 2. The SMILES string of the molecule is COCC(CO)C1CCC1. The Morgan fingerprint density at radius 1 is 1.60 bits per heavy atom. The van der Waals surface area contributed by atoms with Crippen LogP contribution in [0.3, 0.4) is 0 Å². The smallest absolute Gasteiger partial charge is 0.0515 e. The number of aliphatic hydroxyl groups excluding tert-OH is 1. The van der Waals surface area contributed by atoms with Crippen LogP contribution in [0, 0.1) is 11.8 Å². The zero-order chi connectivity index (χ0) is 7.40. The zero-order valence-electron chi connectivity index (χ0n) is 6.55. The van der Waals surface area contributed by atoms with Crippen molar-refractivity contribution >= 4 is 0 Å². The van der Waals surface area contributed by atoms with Crippen LogP contribution in [0.4, 0.5) is 0 Å². The van der Waals surface area contributed by atoms with Crippen LogP contribution in [0.15, 0.2) is 0 Å². The van der Waals surface area contributed by atoms with Crippen LogP contribution in [0.1, 0.15) is 19.3 Å². The van der Waals surface area contributed by atoms with E-state index < -0.39 is 0 Å². The summed E-state index contributed by atoms with van der Waals surface area (Å²) in [5, 5.41) is 8.91. The Kier molecular flexibility index (Phi) is 3.16. The topological polar surface area (TPSA) is 29.5 Å². The summed E-state index contributed by atoms with van der Waals surface area (Å²) in [6, 6.07) is 0. The van der Waals surface area contributed by atoms with Crippen LogP contribution in [0.25, 0.3) is 0 Å². The summed E-state index contributed by atoms with van der Waals surface area (Å²) in [6.07, 6.45) is 3.91. The molecule has 1 rings (SSSR count). The molecular formula is C8H16O2. The monoisotopic (exact) mass is 144 g/mol. The summed E-state index contributed by atoms with van der Waals surface area (Å²) in [4.78, 5) is 0. The second kappa shape index (κ2) is 3.94. The van der Waals surface area contributed by atoms with Crippen molar-refractivity contribution in [1.82, 2.24) is 0 Å². The number of rotatable bonds is 4. The van der Waals surface area contributed by atoms with E-state index in [0.29, 0.717) is 12.5 Å². The van der Waals surface area contributed by atoms with E-state index in [9.17, 15) is 0 Å². The van der Waals surface area contributed by atoms with Gasteiger partial charge in [0, 0.05) is 19.6 Å². The molecule has 0 spiro atoms. The molecule has 1 aliphatic carbocycles. The molecule has 2 nitrogen and oxygen atoms in total. The number of methoxy groups -OCH3 is 1. The first-order valence-electron chi connectivity index (χ1n) is 3.98. The van der Waals surface area contributed by atoms with Crippen LogP contribution in [-0.2, 0) is 4.74 Å². The summed E-state index contributed by atoms with van der Waals surface area (Å²) in [5.41, 5.74) is 0. The van der Waals surface area contributed by atoms with E-state index >= 15 is 0 Å². The lowest BCUT2D eigenvalue weighted by Gasteiger charge is -2.32. The molecule has 0 aliphatic heterocycles. The van der Waals surface area contributed by atoms with Crippen molar-refractivity contribution in [2.75, 3.05) is 20.3 Å². The van der Waals surface area contributed by atoms with Gasteiger partial charge in [0.1, 0.15) is 0 Å². The predicted octanol–water partition coefficient (Wildman–Crippen LogP) is 1.04. The molecule has 1 atom stereocenters. The van der Waals surface area contributed by atoms with Gasteiger partial charge in [0.05, 0.1) is 6.61 Å². The average Bonchev–Trinajstić information content (AvgIpc) is 1.83. The summed E-state index contributed by atoms with van der Waals surface area (Å²) in [7, 11) is 1.70. The highest BCUT2D eigenvalue weighted by Gasteiger charge is 2.26. The van der Waals surface area contributed by atoms with Gasteiger partial charge < -0.3 is 9.84 Å². The van der Waals surface area contributed by atoms with Gasteiger partial charge in [-0.2, -0.15) is 0 Å². The lowest BCUT2D eigenvalue weighted by molar-refractivity contribution is 0.0478. The molecule has 2 heteroatoms. The van der Waals surface area contributed by atoms with Gasteiger partial charge >= 0.3 is 0 Å². The lowest BCUT2D eigenvalue weighted by atomic mass is 9.76. The fraction of sp³-hybridized carbons (Fsp3) is 1.00. The fourth-order valence-corrected chi connectivity index (χ4v) is 1.46. The van der Waals surface area contributed by atoms with Crippen molar-refractivity contribution in [2.45, 2.75) is 19.3 Å². The maximum Gasteiger partial charge on any atom is 0.0515 e. The summed E-state index contributed by atoms with van der Waals surface area (Å²) < 4.78 is 4.99. The largest absolute Gasteiger partial charge is 0.396 e. The molecule has 0 saturated heterocycles. The molecular weight excluding hydrogens is 128 g/mol. The highest BCUT2D eigenvalue weighted by Crippen LogP contribution is 2.33. The van der Waals surface area contributed by atoms with E-state index in [-0.39, 0.29) is 0 Å². The van der Waals surface area contributed by atoms with Gasteiger partial charge in [-0.15, -0.1) is 0 Å². The zero-order valence-corrected chi connectivity index (χ0v) is 6.55. The molecule has 0 radical (unpaired) electrons. The van der Waals surface area contributed by atoms with Crippen molar-refractivity contribution in [2.24, 2.45) is 11.8 Å². The minimum Gasteiger partial charge on any atom is -0.396 e. The third-order valence-electron chi connectivity index (χ3n) is 2.43. The number of aliphatic hydroxyl groups is 1. The minimum absolute atomic E-state index is 0.290. The Balaban J connectivity index is 2.17. The normalized spacial score (nSPS) is 22.2. The van der Waals surface area contributed by atoms with Gasteiger partial charge in [-0.05, 0) is 5.92 Å². The van der Waals surface area contributed by atoms with Crippen molar-refractivity contribution in [3.8, 4) is 0 Å². The Bertz CT molecular complexity index is 89.3. The van der Waals surface area contributed by atoms with Crippen LogP contribution >= 0.6 is 0 Å².